The molecule has 0 atom stereocenters. The van der Waals surface area contributed by atoms with Crippen molar-refractivity contribution in [2.45, 2.75) is 31.8 Å². The molecule has 1 saturated heterocycles. The molecule has 2 aromatic rings. The van der Waals surface area contributed by atoms with Crippen molar-refractivity contribution in [1.29, 1.82) is 0 Å². The Morgan fingerprint density at radius 2 is 2.11 bits per heavy atom. The number of para-hydroxylation sites is 1. The van der Waals surface area contributed by atoms with Gasteiger partial charge in [-0.3, -0.25) is 0 Å². The summed E-state index contributed by atoms with van der Waals surface area (Å²) in [5.74, 6) is 0. The van der Waals surface area contributed by atoms with Crippen molar-refractivity contribution in [2.75, 3.05) is 19.7 Å². The third-order valence-corrected chi connectivity index (χ3v) is 3.65. The highest BCUT2D eigenvalue weighted by atomic mass is 16.5. The molecular formula is C15H20N2O2. The van der Waals surface area contributed by atoms with E-state index in [4.69, 9.17) is 9.26 Å². The minimum absolute atomic E-state index is 0.440. The van der Waals surface area contributed by atoms with Crippen LogP contribution in [0.25, 0.3) is 11.0 Å². The molecule has 0 unspecified atom stereocenters. The molecule has 1 aromatic carbocycles. The molecule has 1 aliphatic rings. The van der Waals surface area contributed by atoms with Crippen LogP contribution in [-0.4, -0.2) is 31.0 Å². The fourth-order valence-corrected chi connectivity index (χ4v) is 2.57. The van der Waals surface area contributed by atoms with Crippen LogP contribution in [-0.2, 0) is 11.2 Å². The molecule has 0 aliphatic carbocycles. The maximum absolute atomic E-state index is 5.89. The summed E-state index contributed by atoms with van der Waals surface area (Å²) in [6.45, 7) is 2.98. The Labute approximate surface area is 113 Å². The van der Waals surface area contributed by atoms with Crippen molar-refractivity contribution in [3.8, 4) is 0 Å². The monoisotopic (exact) mass is 260 g/mol. The van der Waals surface area contributed by atoms with E-state index in [0.29, 0.717) is 6.10 Å². The number of aromatic nitrogens is 1. The zero-order valence-corrected chi connectivity index (χ0v) is 11.1. The summed E-state index contributed by atoms with van der Waals surface area (Å²) in [6.07, 6.45) is 4.62. The predicted molar refractivity (Wildman–Crippen MR) is 74.2 cm³/mol. The van der Waals surface area contributed by atoms with Crippen LogP contribution in [0.2, 0.25) is 0 Å². The fourth-order valence-electron chi connectivity index (χ4n) is 2.57. The van der Waals surface area contributed by atoms with Crippen LogP contribution in [0.5, 0.6) is 0 Å². The highest BCUT2D eigenvalue weighted by molar-refractivity contribution is 5.79. The first-order valence-electron chi connectivity index (χ1n) is 7.09. The Morgan fingerprint density at radius 1 is 1.26 bits per heavy atom. The molecule has 1 fully saturated rings. The lowest BCUT2D eigenvalue weighted by molar-refractivity contribution is 0.0316. The van der Waals surface area contributed by atoms with Crippen molar-refractivity contribution < 1.29 is 9.26 Å². The van der Waals surface area contributed by atoms with Gasteiger partial charge in [0.1, 0.15) is 0 Å². The minimum Gasteiger partial charge on any atom is -0.378 e. The van der Waals surface area contributed by atoms with Crippen LogP contribution < -0.4 is 5.32 Å². The van der Waals surface area contributed by atoms with Gasteiger partial charge in [-0.1, -0.05) is 17.3 Å². The number of benzene rings is 1. The second kappa shape index (κ2) is 6.17. The van der Waals surface area contributed by atoms with Gasteiger partial charge in [-0.05, 0) is 50.9 Å². The molecule has 19 heavy (non-hydrogen) atoms. The third kappa shape index (κ3) is 3.14. The molecule has 102 valence electrons. The second-order valence-electron chi connectivity index (χ2n) is 5.05. The van der Waals surface area contributed by atoms with Gasteiger partial charge in [-0.15, -0.1) is 0 Å². The first-order valence-corrected chi connectivity index (χ1v) is 7.09. The van der Waals surface area contributed by atoms with E-state index in [9.17, 15) is 0 Å². The molecule has 4 nitrogen and oxygen atoms in total. The lowest BCUT2D eigenvalue weighted by atomic mass is 10.1. The molecule has 1 N–H and O–H groups in total. The lowest BCUT2D eigenvalue weighted by Crippen LogP contribution is -2.32. The minimum atomic E-state index is 0.440. The summed E-state index contributed by atoms with van der Waals surface area (Å²) in [7, 11) is 0. The van der Waals surface area contributed by atoms with Crippen LogP contribution in [0, 0.1) is 0 Å². The molecule has 1 aromatic heterocycles. The van der Waals surface area contributed by atoms with Crippen molar-refractivity contribution in [3.05, 3.63) is 30.0 Å². The van der Waals surface area contributed by atoms with Crippen LogP contribution in [0.15, 0.2) is 28.8 Å². The van der Waals surface area contributed by atoms with E-state index in [1.54, 1.807) is 0 Å². The van der Waals surface area contributed by atoms with E-state index in [1.165, 1.54) is 0 Å². The van der Waals surface area contributed by atoms with E-state index in [1.807, 2.05) is 18.2 Å². The number of hydrogen-bond donors (Lipinski definition) is 1. The van der Waals surface area contributed by atoms with Gasteiger partial charge in [-0.25, -0.2) is 0 Å². The first-order chi connectivity index (χ1) is 9.43. The molecule has 3 rings (SSSR count). The van der Waals surface area contributed by atoms with Gasteiger partial charge in [0.05, 0.1) is 11.8 Å². The largest absolute Gasteiger partial charge is 0.378 e. The fraction of sp³-hybridized carbons (Fsp3) is 0.533. The van der Waals surface area contributed by atoms with Gasteiger partial charge >= 0.3 is 0 Å². The Kier molecular flexibility index (Phi) is 4.10. The molecule has 0 radical (unpaired) electrons. The standard InChI is InChI=1S/C15H20N2O2/c1-2-6-15-13(4-1)14(17-19-15)5-3-11-18-12-7-9-16-10-8-12/h1-2,4,6,12,16H,3,5,7-11H2. The summed E-state index contributed by atoms with van der Waals surface area (Å²) >= 11 is 0. The van der Waals surface area contributed by atoms with Gasteiger partial charge in [0.25, 0.3) is 0 Å². The van der Waals surface area contributed by atoms with E-state index >= 15 is 0 Å². The number of hydrogen-bond acceptors (Lipinski definition) is 4. The van der Waals surface area contributed by atoms with Gasteiger partial charge in [0, 0.05) is 12.0 Å². The van der Waals surface area contributed by atoms with Crippen LogP contribution in [0.1, 0.15) is 25.0 Å². The Bertz CT molecular complexity index is 518. The number of fused-ring (bicyclic) bond motifs is 1. The highest BCUT2D eigenvalue weighted by Gasteiger charge is 2.13. The molecule has 0 spiro atoms. The normalized spacial score (nSPS) is 17.1. The first kappa shape index (κ1) is 12.6. The van der Waals surface area contributed by atoms with Crippen molar-refractivity contribution in [3.63, 3.8) is 0 Å². The van der Waals surface area contributed by atoms with Crippen molar-refractivity contribution in [1.82, 2.24) is 10.5 Å². The van der Waals surface area contributed by atoms with Crippen molar-refractivity contribution in [2.24, 2.45) is 0 Å². The van der Waals surface area contributed by atoms with E-state index in [-0.39, 0.29) is 0 Å². The van der Waals surface area contributed by atoms with Gasteiger partial charge in [-0.2, -0.15) is 0 Å². The number of aryl methyl sites for hydroxylation is 1. The van der Waals surface area contributed by atoms with Crippen LogP contribution in [0.4, 0.5) is 0 Å². The molecule has 0 bridgehead atoms. The number of nitrogens with zero attached hydrogens (tertiary/aromatic N) is 1. The molecule has 2 heterocycles. The average Bonchev–Trinajstić information content (AvgIpc) is 2.88. The molecule has 1 aliphatic heterocycles. The molecular weight excluding hydrogens is 240 g/mol. The molecule has 0 amide bonds. The number of nitrogens with one attached hydrogen (secondary N) is 1. The average molecular weight is 260 g/mol. The lowest BCUT2D eigenvalue weighted by Gasteiger charge is -2.22. The highest BCUT2D eigenvalue weighted by Crippen LogP contribution is 2.19. The third-order valence-electron chi connectivity index (χ3n) is 3.65. The summed E-state index contributed by atoms with van der Waals surface area (Å²) in [5.41, 5.74) is 1.92. The SMILES string of the molecule is c1ccc2c(CCCOC3CCNCC3)noc2c1. The predicted octanol–water partition coefficient (Wildman–Crippen LogP) is 2.53. The zero-order chi connectivity index (χ0) is 12.9. The summed E-state index contributed by atoms with van der Waals surface area (Å²) < 4.78 is 11.2. The molecule has 4 heteroatoms. The van der Waals surface area contributed by atoms with Gasteiger partial charge < -0.3 is 14.6 Å². The summed E-state index contributed by atoms with van der Waals surface area (Å²) in [5, 5.41) is 8.61. The quantitative estimate of drug-likeness (QED) is 0.839. The summed E-state index contributed by atoms with van der Waals surface area (Å²) in [4.78, 5) is 0. The molecule has 0 saturated carbocycles. The number of rotatable bonds is 5. The smallest absolute Gasteiger partial charge is 0.167 e. The van der Waals surface area contributed by atoms with Gasteiger partial charge in [0.15, 0.2) is 5.58 Å². The number of ether oxygens (including phenoxy) is 1. The topological polar surface area (TPSA) is 47.3 Å². The van der Waals surface area contributed by atoms with E-state index in [0.717, 1.165) is 62.0 Å². The Morgan fingerprint density at radius 3 is 3.00 bits per heavy atom. The zero-order valence-electron chi connectivity index (χ0n) is 11.1. The Hall–Kier alpha value is -1.39. The maximum Gasteiger partial charge on any atom is 0.167 e. The number of piperidine rings is 1. The van der Waals surface area contributed by atoms with E-state index in [2.05, 4.69) is 16.5 Å². The van der Waals surface area contributed by atoms with Crippen LogP contribution >= 0.6 is 0 Å². The van der Waals surface area contributed by atoms with Crippen LogP contribution in [0.3, 0.4) is 0 Å². The van der Waals surface area contributed by atoms with E-state index < -0.39 is 0 Å². The Balaban J connectivity index is 1.47. The maximum atomic E-state index is 5.89. The van der Waals surface area contributed by atoms with Gasteiger partial charge in [0.2, 0.25) is 0 Å². The summed E-state index contributed by atoms with van der Waals surface area (Å²) in [6, 6.07) is 8.01. The van der Waals surface area contributed by atoms with Crippen molar-refractivity contribution >= 4 is 11.0 Å². The second-order valence-corrected chi connectivity index (χ2v) is 5.05.